The molecule has 3 nitrogen and oxygen atoms in total. The van der Waals surface area contributed by atoms with Crippen LogP contribution in [-0.2, 0) is 0 Å². The molecule has 1 aromatic heterocycles. The van der Waals surface area contributed by atoms with Gasteiger partial charge in [-0.05, 0) is 30.7 Å². The maximum atomic E-state index is 5.98. The van der Waals surface area contributed by atoms with Gasteiger partial charge in [-0.1, -0.05) is 0 Å². The minimum Gasteiger partial charge on any atom is -0.398 e. The molecule has 0 radical (unpaired) electrons. The molecule has 0 aliphatic rings. The molecule has 0 bridgehead atoms. The van der Waals surface area contributed by atoms with Crippen molar-refractivity contribution in [3.8, 4) is 0 Å². The molecule has 0 atom stereocenters. The quantitative estimate of drug-likeness (QED) is 0.719. The van der Waals surface area contributed by atoms with Crippen molar-refractivity contribution < 1.29 is 0 Å². The second-order valence-electron chi connectivity index (χ2n) is 3.98. The minimum absolute atomic E-state index is 0.815. The summed E-state index contributed by atoms with van der Waals surface area (Å²) < 4.78 is 0. The molecule has 2 rings (SSSR count). The maximum absolute atomic E-state index is 5.98. The Morgan fingerprint density at radius 1 is 1.20 bits per heavy atom. The molecular formula is C12H15N3. The summed E-state index contributed by atoms with van der Waals surface area (Å²) in [7, 11) is 3.97. The molecule has 0 amide bonds. The van der Waals surface area contributed by atoms with E-state index in [0.29, 0.717) is 0 Å². The van der Waals surface area contributed by atoms with Gasteiger partial charge in [0, 0.05) is 36.8 Å². The molecule has 78 valence electrons. The van der Waals surface area contributed by atoms with Gasteiger partial charge >= 0.3 is 0 Å². The fraction of sp³-hybridized carbons (Fsp3) is 0.250. The molecule has 3 heteroatoms. The smallest absolute Gasteiger partial charge is 0.135 e. The molecule has 0 aliphatic heterocycles. The van der Waals surface area contributed by atoms with Crippen molar-refractivity contribution in [2.24, 2.45) is 0 Å². The zero-order chi connectivity index (χ0) is 11.0. The standard InChI is InChI=1S/C12H15N3/c1-8-6-10-9(11(13)7-8)4-5-14-12(10)15(2)3/h4-7H,13H2,1-3H3. The van der Waals surface area contributed by atoms with Gasteiger partial charge in [-0.3, -0.25) is 0 Å². The average molecular weight is 201 g/mol. The molecule has 0 fully saturated rings. The third-order valence-corrected chi connectivity index (χ3v) is 2.46. The second kappa shape index (κ2) is 3.42. The number of nitrogen functional groups attached to an aromatic ring is 1. The summed E-state index contributed by atoms with van der Waals surface area (Å²) in [6, 6.07) is 6.06. The fourth-order valence-electron chi connectivity index (χ4n) is 1.80. The number of rotatable bonds is 1. The van der Waals surface area contributed by atoms with Gasteiger partial charge in [-0.15, -0.1) is 0 Å². The zero-order valence-corrected chi connectivity index (χ0v) is 9.28. The van der Waals surface area contributed by atoms with E-state index in [1.54, 1.807) is 6.20 Å². The summed E-state index contributed by atoms with van der Waals surface area (Å²) in [6.07, 6.45) is 1.80. The first-order valence-electron chi connectivity index (χ1n) is 4.92. The molecule has 0 aliphatic carbocycles. The van der Waals surface area contributed by atoms with Crippen molar-refractivity contribution in [2.45, 2.75) is 6.92 Å². The van der Waals surface area contributed by atoms with E-state index in [-0.39, 0.29) is 0 Å². The summed E-state index contributed by atoms with van der Waals surface area (Å²) in [5.74, 6) is 0.961. The summed E-state index contributed by atoms with van der Waals surface area (Å²) in [6.45, 7) is 2.04. The number of pyridine rings is 1. The molecule has 2 N–H and O–H groups in total. The Morgan fingerprint density at radius 2 is 1.93 bits per heavy atom. The third kappa shape index (κ3) is 1.61. The highest BCUT2D eigenvalue weighted by Crippen LogP contribution is 2.28. The normalized spacial score (nSPS) is 10.6. The average Bonchev–Trinajstić information content (AvgIpc) is 2.16. The van der Waals surface area contributed by atoms with E-state index in [1.165, 1.54) is 0 Å². The van der Waals surface area contributed by atoms with Gasteiger partial charge in [0.1, 0.15) is 5.82 Å². The van der Waals surface area contributed by atoms with Gasteiger partial charge in [0.05, 0.1) is 0 Å². The zero-order valence-electron chi connectivity index (χ0n) is 9.28. The molecule has 0 spiro atoms. The van der Waals surface area contributed by atoms with Crippen LogP contribution >= 0.6 is 0 Å². The lowest BCUT2D eigenvalue weighted by molar-refractivity contribution is 1.08. The SMILES string of the molecule is Cc1cc(N)c2ccnc(N(C)C)c2c1. The maximum Gasteiger partial charge on any atom is 0.135 e. The molecule has 2 aromatic rings. The van der Waals surface area contributed by atoms with Crippen molar-refractivity contribution in [1.82, 2.24) is 4.98 Å². The number of aryl methyl sites for hydroxylation is 1. The Kier molecular flexibility index (Phi) is 2.23. The largest absolute Gasteiger partial charge is 0.398 e. The molecular weight excluding hydrogens is 186 g/mol. The van der Waals surface area contributed by atoms with Crippen LogP contribution < -0.4 is 10.6 Å². The first-order valence-corrected chi connectivity index (χ1v) is 4.92. The topological polar surface area (TPSA) is 42.1 Å². The van der Waals surface area contributed by atoms with Gasteiger partial charge in [0.25, 0.3) is 0 Å². The number of nitrogens with zero attached hydrogens (tertiary/aromatic N) is 2. The van der Waals surface area contributed by atoms with Crippen LogP contribution in [0.5, 0.6) is 0 Å². The van der Waals surface area contributed by atoms with Gasteiger partial charge < -0.3 is 10.6 Å². The second-order valence-corrected chi connectivity index (χ2v) is 3.98. The van der Waals surface area contributed by atoms with Crippen LogP contribution in [0.15, 0.2) is 24.4 Å². The van der Waals surface area contributed by atoms with E-state index >= 15 is 0 Å². The number of anilines is 2. The van der Waals surface area contributed by atoms with Crippen LogP contribution in [0.4, 0.5) is 11.5 Å². The lowest BCUT2D eigenvalue weighted by atomic mass is 10.1. The van der Waals surface area contributed by atoms with Crippen LogP contribution in [0.1, 0.15) is 5.56 Å². The van der Waals surface area contributed by atoms with E-state index in [2.05, 4.69) is 11.1 Å². The van der Waals surface area contributed by atoms with Crippen molar-refractivity contribution in [3.63, 3.8) is 0 Å². The van der Waals surface area contributed by atoms with Crippen LogP contribution in [-0.4, -0.2) is 19.1 Å². The summed E-state index contributed by atoms with van der Waals surface area (Å²) in [5, 5.41) is 2.18. The highest BCUT2D eigenvalue weighted by Gasteiger charge is 2.06. The van der Waals surface area contributed by atoms with E-state index in [4.69, 9.17) is 5.73 Å². The number of fused-ring (bicyclic) bond motifs is 1. The third-order valence-electron chi connectivity index (χ3n) is 2.46. The van der Waals surface area contributed by atoms with Crippen LogP contribution in [0, 0.1) is 6.92 Å². The van der Waals surface area contributed by atoms with Crippen molar-refractivity contribution in [2.75, 3.05) is 24.7 Å². The minimum atomic E-state index is 0.815. The summed E-state index contributed by atoms with van der Waals surface area (Å²) >= 11 is 0. The fourth-order valence-corrected chi connectivity index (χ4v) is 1.80. The Bertz CT molecular complexity index is 503. The van der Waals surface area contributed by atoms with E-state index in [1.807, 2.05) is 38.1 Å². The van der Waals surface area contributed by atoms with E-state index in [9.17, 15) is 0 Å². The van der Waals surface area contributed by atoms with Crippen LogP contribution in [0.3, 0.4) is 0 Å². The molecule has 15 heavy (non-hydrogen) atoms. The molecule has 0 saturated carbocycles. The van der Waals surface area contributed by atoms with Crippen molar-refractivity contribution >= 4 is 22.3 Å². The molecule has 0 unspecified atom stereocenters. The summed E-state index contributed by atoms with van der Waals surface area (Å²) in [5.41, 5.74) is 7.96. The highest BCUT2D eigenvalue weighted by atomic mass is 15.1. The predicted octanol–water partition coefficient (Wildman–Crippen LogP) is 2.19. The first-order chi connectivity index (χ1) is 7.09. The van der Waals surface area contributed by atoms with Crippen molar-refractivity contribution in [1.29, 1.82) is 0 Å². The first kappa shape index (κ1) is 9.77. The van der Waals surface area contributed by atoms with E-state index in [0.717, 1.165) is 27.8 Å². The van der Waals surface area contributed by atoms with Gasteiger partial charge in [0.2, 0.25) is 0 Å². The number of hydrogen-bond acceptors (Lipinski definition) is 3. The highest BCUT2D eigenvalue weighted by molar-refractivity contribution is 5.99. The van der Waals surface area contributed by atoms with Crippen LogP contribution in [0.25, 0.3) is 10.8 Å². The molecule has 1 heterocycles. The Labute approximate surface area is 89.5 Å². The van der Waals surface area contributed by atoms with E-state index < -0.39 is 0 Å². The van der Waals surface area contributed by atoms with Gasteiger partial charge in [-0.2, -0.15) is 0 Å². The number of hydrogen-bond donors (Lipinski definition) is 1. The summed E-state index contributed by atoms with van der Waals surface area (Å²) in [4.78, 5) is 6.36. The Balaban J connectivity index is 2.85. The lowest BCUT2D eigenvalue weighted by Crippen LogP contribution is -2.11. The number of aromatic nitrogens is 1. The molecule has 1 aromatic carbocycles. The Morgan fingerprint density at radius 3 is 2.60 bits per heavy atom. The van der Waals surface area contributed by atoms with Gasteiger partial charge in [-0.25, -0.2) is 4.98 Å². The Hall–Kier alpha value is -1.77. The van der Waals surface area contributed by atoms with Gasteiger partial charge in [0.15, 0.2) is 0 Å². The predicted molar refractivity (Wildman–Crippen MR) is 65.2 cm³/mol. The number of nitrogens with two attached hydrogens (primary N) is 1. The number of benzene rings is 1. The van der Waals surface area contributed by atoms with Crippen LogP contribution in [0.2, 0.25) is 0 Å². The van der Waals surface area contributed by atoms with Crippen molar-refractivity contribution in [3.05, 3.63) is 30.0 Å². The lowest BCUT2D eigenvalue weighted by Gasteiger charge is -2.15. The monoisotopic (exact) mass is 201 g/mol. The molecule has 0 saturated heterocycles.